The molecule has 2 nitrogen and oxygen atoms in total. The van der Waals surface area contributed by atoms with Gasteiger partial charge in [-0.1, -0.05) is 6.07 Å². The van der Waals surface area contributed by atoms with Crippen molar-refractivity contribution < 1.29 is 9.15 Å². The zero-order valence-corrected chi connectivity index (χ0v) is 13.2. The van der Waals surface area contributed by atoms with Gasteiger partial charge in [0, 0.05) is 10.9 Å². The Bertz CT molecular complexity index is 770. The lowest BCUT2D eigenvalue weighted by atomic mass is 10.1. The van der Waals surface area contributed by atoms with E-state index in [1.165, 1.54) is 11.1 Å². The number of rotatable bonds is 2. The van der Waals surface area contributed by atoms with E-state index in [0.29, 0.717) is 0 Å². The molecule has 2 aromatic carbocycles. The van der Waals surface area contributed by atoms with E-state index < -0.39 is 0 Å². The Morgan fingerprint density at radius 3 is 2.40 bits per heavy atom. The van der Waals surface area contributed by atoms with Crippen molar-refractivity contribution in [3.63, 3.8) is 0 Å². The van der Waals surface area contributed by atoms with E-state index in [2.05, 4.69) is 41.9 Å². The van der Waals surface area contributed by atoms with Crippen LogP contribution in [0, 0.1) is 13.8 Å². The van der Waals surface area contributed by atoms with Gasteiger partial charge in [0.05, 0.1) is 11.6 Å². The van der Waals surface area contributed by atoms with Gasteiger partial charge in [0.2, 0.25) is 0 Å². The molecule has 0 atom stereocenters. The lowest BCUT2D eigenvalue weighted by molar-refractivity contribution is 0.415. The molecule has 0 saturated carbocycles. The van der Waals surface area contributed by atoms with E-state index in [4.69, 9.17) is 9.15 Å². The predicted molar refractivity (Wildman–Crippen MR) is 85.4 cm³/mol. The molecular weight excluding hydrogens is 316 g/mol. The Balaban J connectivity index is 2.20. The SMILES string of the molecule is COc1ccc(-c2oc3cc(C)cc(C)c3c2Br)cc1. The molecule has 0 aliphatic carbocycles. The van der Waals surface area contributed by atoms with Crippen LogP contribution >= 0.6 is 15.9 Å². The van der Waals surface area contributed by atoms with Crippen LogP contribution in [0.3, 0.4) is 0 Å². The van der Waals surface area contributed by atoms with Crippen molar-refractivity contribution in [2.24, 2.45) is 0 Å². The number of fused-ring (bicyclic) bond motifs is 1. The number of hydrogen-bond acceptors (Lipinski definition) is 2. The van der Waals surface area contributed by atoms with E-state index in [1.807, 2.05) is 24.3 Å². The van der Waals surface area contributed by atoms with Crippen LogP contribution in [0.2, 0.25) is 0 Å². The minimum Gasteiger partial charge on any atom is -0.497 e. The van der Waals surface area contributed by atoms with E-state index >= 15 is 0 Å². The van der Waals surface area contributed by atoms with E-state index in [0.717, 1.165) is 32.5 Å². The third kappa shape index (κ3) is 2.12. The molecule has 0 N–H and O–H groups in total. The van der Waals surface area contributed by atoms with Crippen molar-refractivity contribution in [3.8, 4) is 17.1 Å². The summed E-state index contributed by atoms with van der Waals surface area (Å²) in [6.07, 6.45) is 0. The molecule has 3 heteroatoms. The lowest BCUT2D eigenvalue weighted by Gasteiger charge is -2.01. The number of hydrogen-bond donors (Lipinski definition) is 0. The number of benzene rings is 2. The van der Waals surface area contributed by atoms with Crippen molar-refractivity contribution in [1.82, 2.24) is 0 Å². The van der Waals surface area contributed by atoms with E-state index in [-0.39, 0.29) is 0 Å². The van der Waals surface area contributed by atoms with Crippen molar-refractivity contribution in [1.29, 1.82) is 0 Å². The summed E-state index contributed by atoms with van der Waals surface area (Å²) in [6, 6.07) is 12.1. The molecule has 0 fully saturated rings. The van der Waals surface area contributed by atoms with Gasteiger partial charge < -0.3 is 9.15 Å². The average Bonchev–Trinajstić information content (AvgIpc) is 2.76. The lowest BCUT2D eigenvalue weighted by Crippen LogP contribution is -1.82. The van der Waals surface area contributed by atoms with Crippen LogP contribution in [0.15, 0.2) is 45.3 Å². The average molecular weight is 331 g/mol. The summed E-state index contributed by atoms with van der Waals surface area (Å²) < 4.78 is 12.2. The second-order valence-corrected chi connectivity index (χ2v) is 5.72. The molecule has 0 saturated heterocycles. The Kier molecular flexibility index (Phi) is 3.30. The second kappa shape index (κ2) is 4.98. The maximum atomic E-state index is 6.03. The van der Waals surface area contributed by atoms with Gasteiger partial charge in [0.25, 0.3) is 0 Å². The molecule has 0 amide bonds. The molecule has 0 bridgehead atoms. The third-order valence-electron chi connectivity index (χ3n) is 3.43. The van der Waals surface area contributed by atoms with Crippen LogP contribution in [0.1, 0.15) is 11.1 Å². The fourth-order valence-electron chi connectivity index (χ4n) is 2.49. The number of ether oxygens (including phenoxy) is 1. The molecule has 20 heavy (non-hydrogen) atoms. The van der Waals surface area contributed by atoms with Gasteiger partial charge in [0.1, 0.15) is 17.1 Å². The molecule has 0 spiro atoms. The minimum absolute atomic E-state index is 0.841. The van der Waals surface area contributed by atoms with Crippen molar-refractivity contribution in [2.75, 3.05) is 7.11 Å². The first-order valence-corrected chi connectivity index (χ1v) is 7.23. The Hall–Kier alpha value is -1.74. The Labute approximate surface area is 126 Å². The monoisotopic (exact) mass is 330 g/mol. The van der Waals surface area contributed by atoms with Crippen molar-refractivity contribution >= 4 is 26.9 Å². The van der Waals surface area contributed by atoms with Crippen LogP contribution in [-0.4, -0.2) is 7.11 Å². The summed E-state index contributed by atoms with van der Waals surface area (Å²) in [5, 5.41) is 1.14. The highest BCUT2D eigenvalue weighted by atomic mass is 79.9. The first-order valence-electron chi connectivity index (χ1n) is 6.44. The van der Waals surface area contributed by atoms with Gasteiger partial charge in [-0.3, -0.25) is 0 Å². The van der Waals surface area contributed by atoms with E-state index in [9.17, 15) is 0 Å². The van der Waals surface area contributed by atoms with Crippen LogP contribution in [-0.2, 0) is 0 Å². The fraction of sp³-hybridized carbons (Fsp3) is 0.176. The fourth-order valence-corrected chi connectivity index (χ4v) is 3.30. The van der Waals surface area contributed by atoms with Crippen LogP contribution in [0.4, 0.5) is 0 Å². The number of aryl methyl sites for hydroxylation is 2. The summed E-state index contributed by atoms with van der Waals surface area (Å²) in [6.45, 7) is 4.18. The Morgan fingerprint density at radius 1 is 1.05 bits per heavy atom. The zero-order valence-electron chi connectivity index (χ0n) is 11.7. The summed E-state index contributed by atoms with van der Waals surface area (Å²) in [4.78, 5) is 0. The highest BCUT2D eigenvalue weighted by Crippen LogP contribution is 2.40. The van der Waals surface area contributed by atoms with Gasteiger partial charge in [0.15, 0.2) is 0 Å². The van der Waals surface area contributed by atoms with Gasteiger partial charge in [-0.15, -0.1) is 0 Å². The first-order chi connectivity index (χ1) is 9.60. The number of furan rings is 1. The van der Waals surface area contributed by atoms with Crippen molar-refractivity contribution in [3.05, 3.63) is 52.0 Å². The summed E-state index contributed by atoms with van der Waals surface area (Å²) in [5.41, 5.74) is 4.37. The van der Waals surface area contributed by atoms with Crippen LogP contribution in [0.25, 0.3) is 22.3 Å². The third-order valence-corrected chi connectivity index (χ3v) is 4.18. The minimum atomic E-state index is 0.841. The molecular formula is C17H15BrO2. The second-order valence-electron chi connectivity index (χ2n) is 4.93. The summed E-state index contributed by atoms with van der Waals surface area (Å²) in [5.74, 6) is 1.70. The van der Waals surface area contributed by atoms with Crippen LogP contribution < -0.4 is 4.74 Å². The highest BCUT2D eigenvalue weighted by Gasteiger charge is 2.15. The molecule has 0 aliphatic rings. The number of methoxy groups -OCH3 is 1. The van der Waals surface area contributed by atoms with Gasteiger partial charge in [-0.25, -0.2) is 0 Å². The van der Waals surface area contributed by atoms with Gasteiger partial charge in [-0.05, 0) is 71.2 Å². The predicted octanol–water partition coefficient (Wildman–Crippen LogP) is 5.49. The smallest absolute Gasteiger partial charge is 0.149 e. The van der Waals surface area contributed by atoms with Gasteiger partial charge >= 0.3 is 0 Å². The molecule has 3 rings (SSSR count). The Morgan fingerprint density at radius 2 is 1.75 bits per heavy atom. The highest BCUT2D eigenvalue weighted by molar-refractivity contribution is 9.10. The quantitative estimate of drug-likeness (QED) is 0.620. The molecule has 1 heterocycles. The van der Waals surface area contributed by atoms with Crippen molar-refractivity contribution in [2.45, 2.75) is 13.8 Å². The molecule has 0 unspecified atom stereocenters. The topological polar surface area (TPSA) is 22.4 Å². The molecule has 1 aromatic heterocycles. The zero-order chi connectivity index (χ0) is 14.3. The molecule has 0 radical (unpaired) electrons. The molecule has 3 aromatic rings. The first kappa shape index (κ1) is 13.3. The maximum Gasteiger partial charge on any atom is 0.149 e. The summed E-state index contributed by atoms with van der Waals surface area (Å²) >= 11 is 3.67. The van der Waals surface area contributed by atoms with Crippen LogP contribution in [0.5, 0.6) is 5.75 Å². The van der Waals surface area contributed by atoms with Gasteiger partial charge in [-0.2, -0.15) is 0 Å². The standard InChI is InChI=1S/C17H15BrO2/c1-10-8-11(2)15-14(9-10)20-17(16(15)18)12-4-6-13(19-3)7-5-12/h4-9H,1-3H3. The summed E-state index contributed by atoms with van der Waals surface area (Å²) in [7, 11) is 1.66. The molecule has 102 valence electrons. The normalized spacial score (nSPS) is 11.0. The molecule has 0 aliphatic heterocycles. The number of halogens is 1. The largest absolute Gasteiger partial charge is 0.497 e. The van der Waals surface area contributed by atoms with E-state index in [1.54, 1.807) is 7.11 Å². The maximum absolute atomic E-state index is 6.03.